The minimum absolute atomic E-state index is 0.0846. The number of nitrogens with one attached hydrogen (secondary N) is 1. The number of carbonyl (C=O) groups is 1. The number of ether oxygens (including phenoxy) is 3. The Morgan fingerprint density at radius 1 is 1.41 bits per heavy atom. The molecule has 32 heavy (non-hydrogen) atoms. The summed E-state index contributed by atoms with van der Waals surface area (Å²) in [7, 11) is -2.26. The topological polar surface area (TPSA) is 153 Å². The smallest absolute Gasteiger partial charge is 0.476 e. The minimum Gasteiger partial charge on any atom is -0.476 e. The van der Waals surface area contributed by atoms with Crippen LogP contribution in [0.1, 0.15) is 47.3 Å². The number of esters is 1. The van der Waals surface area contributed by atoms with E-state index >= 15 is 0 Å². The number of fused-ring (bicyclic) bond motifs is 1. The van der Waals surface area contributed by atoms with Crippen LogP contribution in [0, 0.1) is 5.92 Å². The molecule has 0 amide bonds. The number of aromatic nitrogens is 4. The fourth-order valence-corrected chi connectivity index (χ4v) is 4.23. The maximum Gasteiger partial charge on any atom is 0.613 e. The lowest BCUT2D eigenvalue weighted by Crippen LogP contribution is -2.33. The van der Waals surface area contributed by atoms with Crippen LogP contribution in [0.3, 0.4) is 0 Å². The normalized spacial score (nSPS) is 22.3. The van der Waals surface area contributed by atoms with Gasteiger partial charge in [0.05, 0.1) is 25.1 Å². The first kappa shape index (κ1) is 24.2. The van der Waals surface area contributed by atoms with Gasteiger partial charge >= 0.3 is 14.1 Å². The van der Waals surface area contributed by atoms with Gasteiger partial charge in [-0.15, -0.1) is 4.52 Å². The van der Waals surface area contributed by atoms with E-state index in [4.69, 9.17) is 24.5 Å². The van der Waals surface area contributed by atoms with Crippen molar-refractivity contribution in [2.45, 2.75) is 65.5 Å². The van der Waals surface area contributed by atoms with Crippen LogP contribution in [0.2, 0.25) is 0 Å². The lowest BCUT2D eigenvalue weighted by molar-refractivity contribution is -0.149. The van der Waals surface area contributed by atoms with Gasteiger partial charge in [0.2, 0.25) is 11.8 Å². The van der Waals surface area contributed by atoms with Gasteiger partial charge in [-0.25, -0.2) is 4.98 Å². The van der Waals surface area contributed by atoms with Crippen LogP contribution in [0.5, 0.6) is 5.88 Å². The van der Waals surface area contributed by atoms with Crippen molar-refractivity contribution in [3.8, 4) is 5.88 Å². The molecular weight excluding hydrogens is 439 g/mol. The summed E-state index contributed by atoms with van der Waals surface area (Å²) in [5.74, 6) is 0.0322. The molecule has 1 aliphatic heterocycles. The molecule has 176 valence electrons. The van der Waals surface area contributed by atoms with E-state index in [-0.39, 0.29) is 36.9 Å². The molecule has 12 nitrogen and oxygen atoms in total. The van der Waals surface area contributed by atoms with E-state index in [1.165, 1.54) is 0 Å². The number of imidazole rings is 1. The SMILES string of the molecule is CCOc1nc(N)nc2c1ncn2[C@@H]1O[C@H](CO[P+](=O)N[C@@H](C)C(=O)OC(C)C)C[C@@H]1C. The molecule has 3 rings (SSSR count). The van der Waals surface area contributed by atoms with Gasteiger partial charge < -0.3 is 19.9 Å². The maximum atomic E-state index is 12.2. The van der Waals surface area contributed by atoms with Crippen molar-refractivity contribution in [3.63, 3.8) is 0 Å². The molecule has 13 heteroatoms. The molecule has 3 N–H and O–H groups in total. The molecular formula is C19H30N6O6P+. The molecule has 0 aromatic carbocycles. The molecule has 1 saturated heterocycles. The second kappa shape index (κ2) is 10.5. The highest BCUT2D eigenvalue weighted by Crippen LogP contribution is 2.37. The van der Waals surface area contributed by atoms with Crippen molar-refractivity contribution in [1.82, 2.24) is 24.6 Å². The number of carbonyl (C=O) groups excluding carboxylic acids is 1. The number of rotatable bonds is 10. The monoisotopic (exact) mass is 469 g/mol. The number of anilines is 1. The molecule has 0 radical (unpaired) electrons. The van der Waals surface area contributed by atoms with Crippen LogP contribution < -0.4 is 15.6 Å². The Labute approximate surface area is 187 Å². The third kappa shape index (κ3) is 5.69. The second-order valence-electron chi connectivity index (χ2n) is 7.89. The fourth-order valence-electron chi connectivity index (χ4n) is 3.43. The molecule has 0 spiro atoms. The first-order valence-corrected chi connectivity index (χ1v) is 11.7. The Bertz CT molecular complexity index is 969. The van der Waals surface area contributed by atoms with Crippen molar-refractivity contribution in [2.24, 2.45) is 5.92 Å². The lowest BCUT2D eigenvalue weighted by Gasteiger charge is -2.17. The summed E-state index contributed by atoms with van der Waals surface area (Å²) in [5.41, 5.74) is 6.86. The van der Waals surface area contributed by atoms with E-state index in [1.807, 2.05) is 13.8 Å². The Morgan fingerprint density at radius 3 is 2.84 bits per heavy atom. The summed E-state index contributed by atoms with van der Waals surface area (Å²) in [4.78, 5) is 24.6. The summed E-state index contributed by atoms with van der Waals surface area (Å²) in [5, 5.41) is 2.60. The first-order chi connectivity index (χ1) is 15.2. The van der Waals surface area contributed by atoms with Gasteiger partial charge in [0, 0.05) is 5.92 Å². The van der Waals surface area contributed by atoms with Crippen molar-refractivity contribution in [2.75, 3.05) is 18.9 Å². The van der Waals surface area contributed by atoms with Crippen molar-refractivity contribution in [1.29, 1.82) is 0 Å². The van der Waals surface area contributed by atoms with E-state index in [0.29, 0.717) is 30.1 Å². The summed E-state index contributed by atoms with van der Waals surface area (Å²) in [6.45, 7) is 9.47. The van der Waals surface area contributed by atoms with E-state index in [9.17, 15) is 9.36 Å². The van der Waals surface area contributed by atoms with Gasteiger partial charge in [0.15, 0.2) is 11.2 Å². The Hall–Kier alpha value is -2.40. The number of hydrogen-bond donors (Lipinski definition) is 2. The van der Waals surface area contributed by atoms with Crippen LogP contribution in [-0.4, -0.2) is 57.0 Å². The molecule has 1 aliphatic rings. The number of hydrogen-bond acceptors (Lipinski definition) is 10. The van der Waals surface area contributed by atoms with Crippen LogP contribution in [0.25, 0.3) is 11.2 Å². The van der Waals surface area contributed by atoms with Gasteiger partial charge in [-0.3, -0.25) is 9.36 Å². The zero-order valence-electron chi connectivity index (χ0n) is 18.8. The van der Waals surface area contributed by atoms with Crippen LogP contribution >= 0.6 is 8.18 Å². The van der Waals surface area contributed by atoms with Gasteiger partial charge in [-0.05, 0) is 38.7 Å². The second-order valence-corrected chi connectivity index (χ2v) is 8.93. The lowest BCUT2D eigenvalue weighted by atomic mass is 10.1. The fraction of sp³-hybridized carbons (Fsp3) is 0.684. The number of nitrogen functional groups attached to an aromatic ring is 1. The molecule has 0 bridgehead atoms. The maximum absolute atomic E-state index is 12.2. The molecule has 1 fully saturated rings. The quantitative estimate of drug-likeness (QED) is 0.389. The average Bonchev–Trinajstić information content (AvgIpc) is 3.29. The molecule has 0 saturated carbocycles. The zero-order chi connectivity index (χ0) is 23.4. The minimum atomic E-state index is -2.26. The Balaban J connectivity index is 1.60. The van der Waals surface area contributed by atoms with Crippen molar-refractivity contribution < 1.29 is 28.1 Å². The predicted octanol–water partition coefficient (Wildman–Crippen LogP) is 2.33. The number of nitrogens with two attached hydrogens (primary N) is 1. The number of nitrogens with zero attached hydrogens (tertiary/aromatic N) is 4. The van der Waals surface area contributed by atoms with Crippen molar-refractivity contribution >= 4 is 31.3 Å². The molecule has 3 heterocycles. The highest BCUT2D eigenvalue weighted by molar-refractivity contribution is 7.36. The molecule has 2 aromatic heterocycles. The third-order valence-corrected chi connectivity index (χ3v) is 5.78. The van der Waals surface area contributed by atoms with Crippen LogP contribution in [-0.2, 0) is 23.4 Å². The van der Waals surface area contributed by atoms with Gasteiger partial charge in [0.1, 0.15) is 18.9 Å². The molecule has 1 unspecified atom stereocenters. The summed E-state index contributed by atoms with van der Waals surface area (Å²) in [6, 6.07) is -0.751. The average molecular weight is 469 g/mol. The van der Waals surface area contributed by atoms with E-state index < -0.39 is 20.2 Å². The Morgan fingerprint density at radius 2 is 2.16 bits per heavy atom. The summed E-state index contributed by atoms with van der Waals surface area (Å²) < 4.78 is 36.1. The van der Waals surface area contributed by atoms with Crippen LogP contribution in [0.4, 0.5) is 5.95 Å². The molecule has 5 atom stereocenters. The van der Waals surface area contributed by atoms with Crippen molar-refractivity contribution in [3.05, 3.63) is 6.33 Å². The standard InChI is InChI=1S/C19H30N6O6P/c1-6-28-16-14-15(22-19(20)23-16)25(9-21-14)17-11(4)7-13(31-17)8-29-32(27)24-12(5)18(26)30-10(2)3/h9-13,17H,6-8H2,1-5H3,(H,24,27)(H2,20,22,23)/q+1/t11-,12-,13-,17+/m0/s1. The van der Waals surface area contributed by atoms with Gasteiger partial charge in [0.25, 0.3) is 0 Å². The molecule has 0 aliphatic carbocycles. The van der Waals surface area contributed by atoms with Crippen LogP contribution in [0.15, 0.2) is 6.33 Å². The highest BCUT2D eigenvalue weighted by atomic mass is 31.1. The zero-order valence-corrected chi connectivity index (χ0v) is 19.7. The largest absolute Gasteiger partial charge is 0.613 e. The third-order valence-electron chi connectivity index (χ3n) is 4.80. The first-order valence-electron chi connectivity index (χ1n) is 10.5. The van der Waals surface area contributed by atoms with Gasteiger partial charge in [-0.1, -0.05) is 12.0 Å². The molecule has 2 aromatic rings. The van der Waals surface area contributed by atoms with E-state index in [1.54, 1.807) is 31.7 Å². The summed E-state index contributed by atoms with van der Waals surface area (Å²) in [6.07, 6.45) is 1.40. The van der Waals surface area contributed by atoms with E-state index in [2.05, 4.69) is 20.0 Å². The predicted molar refractivity (Wildman–Crippen MR) is 116 cm³/mol. The summed E-state index contributed by atoms with van der Waals surface area (Å²) >= 11 is 0. The highest BCUT2D eigenvalue weighted by Gasteiger charge is 2.37. The Kier molecular flexibility index (Phi) is 7.94. The van der Waals surface area contributed by atoms with Gasteiger partial charge in [-0.2, -0.15) is 9.97 Å². The van der Waals surface area contributed by atoms with E-state index in [0.717, 1.165) is 0 Å².